The van der Waals surface area contributed by atoms with Crippen molar-refractivity contribution >= 4 is 10.1 Å². The summed E-state index contributed by atoms with van der Waals surface area (Å²) in [5.74, 6) is 0.243. The van der Waals surface area contributed by atoms with Crippen LogP contribution in [0.1, 0.15) is 107 Å². The monoisotopic (exact) mass is 456 g/mol. The number of halogens is 3. The molecule has 0 aromatic carbocycles. The molecule has 1 aliphatic carbocycles. The Balaban J connectivity index is 3.80. The van der Waals surface area contributed by atoms with E-state index in [2.05, 4.69) is 20.8 Å². The summed E-state index contributed by atoms with van der Waals surface area (Å²) >= 11 is 0. The van der Waals surface area contributed by atoms with E-state index in [1.54, 1.807) is 0 Å². The maximum Gasteiger partial charge on any atom is 0.377 e. The van der Waals surface area contributed by atoms with E-state index >= 15 is 13.2 Å². The number of hydrogen-bond acceptors (Lipinski definition) is 2. The molecular formula is C23H43F3O3S. The van der Waals surface area contributed by atoms with Crippen LogP contribution in [0.2, 0.25) is 0 Å². The van der Waals surface area contributed by atoms with Gasteiger partial charge in [0.1, 0.15) is 6.17 Å². The van der Waals surface area contributed by atoms with E-state index in [4.69, 9.17) is 0 Å². The molecule has 0 amide bonds. The zero-order valence-electron chi connectivity index (χ0n) is 20.1. The van der Waals surface area contributed by atoms with Crippen LogP contribution < -0.4 is 0 Å². The van der Waals surface area contributed by atoms with Gasteiger partial charge in [0.2, 0.25) is 0 Å². The molecule has 1 rings (SSSR count). The summed E-state index contributed by atoms with van der Waals surface area (Å²) in [5, 5.41) is -4.58. The van der Waals surface area contributed by atoms with Gasteiger partial charge in [-0.2, -0.15) is 17.2 Å². The van der Waals surface area contributed by atoms with E-state index in [1.165, 1.54) is 6.92 Å². The van der Waals surface area contributed by atoms with Crippen LogP contribution in [0.5, 0.6) is 0 Å². The standard InChI is InChI=1S/C23H43F3O3S/c1-9-19(6,7)16-22(13-5,17-14-15-17)21(11-3,12-4)18(24)20(8,10-2)23(25,26)30(27,28)29/h17-18H,9-16H2,1-8H3,(H,27,28,29). The van der Waals surface area contributed by atoms with Gasteiger partial charge in [-0.3, -0.25) is 4.55 Å². The molecule has 180 valence electrons. The van der Waals surface area contributed by atoms with Gasteiger partial charge >= 0.3 is 15.4 Å². The molecule has 0 heterocycles. The summed E-state index contributed by atoms with van der Waals surface area (Å²) in [4.78, 5) is 0. The molecule has 1 aliphatic rings. The molecule has 0 aromatic heterocycles. The molecule has 0 radical (unpaired) electrons. The zero-order valence-corrected chi connectivity index (χ0v) is 20.9. The van der Waals surface area contributed by atoms with Gasteiger partial charge < -0.3 is 0 Å². The summed E-state index contributed by atoms with van der Waals surface area (Å²) in [6.45, 7) is 14.4. The minimum absolute atomic E-state index is 0.0951. The van der Waals surface area contributed by atoms with E-state index in [9.17, 15) is 13.0 Å². The van der Waals surface area contributed by atoms with Crippen LogP contribution in [0.3, 0.4) is 0 Å². The van der Waals surface area contributed by atoms with Crippen LogP contribution in [0, 0.1) is 27.6 Å². The molecule has 0 aromatic rings. The lowest BCUT2D eigenvalue weighted by Gasteiger charge is -2.58. The molecule has 1 fully saturated rings. The highest BCUT2D eigenvalue weighted by Gasteiger charge is 2.70. The predicted molar refractivity (Wildman–Crippen MR) is 117 cm³/mol. The zero-order chi connectivity index (χ0) is 23.8. The molecule has 1 N–H and O–H groups in total. The van der Waals surface area contributed by atoms with Gasteiger partial charge in [0.15, 0.2) is 0 Å². The van der Waals surface area contributed by atoms with E-state index in [0.29, 0.717) is 25.7 Å². The minimum Gasteiger partial charge on any atom is -0.281 e. The Morgan fingerprint density at radius 3 is 1.63 bits per heavy atom. The first-order valence-corrected chi connectivity index (χ1v) is 12.9. The van der Waals surface area contributed by atoms with Crippen molar-refractivity contribution in [1.29, 1.82) is 0 Å². The summed E-state index contributed by atoms with van der Waals surface area (Å²) in [7, 11) is -5.76. The molecule has 0 bridgehead atoms. The third-order valence-corrected chi connectivity index (χ3v) is 9.88. The quantitative estimate of drug-likeness (QED) is 0.289. The Hall–Kier alpha value is -0.300. The predicted octanol–water partition coefficient (Wildman–Crippen LogP) is 7.66. The minimum atomic E-state index is -5.76. The fourth-order valence-electron chi connectivity index (χ4n) is 6.11. The van der Waals surface area contributed by atoms with Gasteiger partial charge in [-0.25, -0.2) is 4.39 Å². The second kappa shape index (κ2) is 8.92. The molecule has 0 spiro atoms. The Morgan fingerprint density at radius 1 is 0.900 bits per heavy atom. The highest BCUT2D eigenvalue weighted by molar-refractivity contribution is 7.86. The lowest BCUT2D eigenvalue weighted by atomic mass is 9.47. The van der Waals surface area contributed by atoms with Crippen LogP contribution in [0.25, 0.3) is 0 Å². The van der Waals surface area contributed by atoms with Crippen molar-refractivity contribution in [2.75, 3.05) is 0 Å². The van der Waals surface area contributed by atoms with E-state index < -0.39 is 44.2 Å². The summed E-state index contributed by atoms with van der Waals surface area (Å²) in [5.41, 5.74) is -4.25. The average Bonchev–Trinajstić information content (AvgIpc) is 3.51. The smallest absolute Gasteiger partial charge is 0.281 e. The molecule has 7 heteroatoms. The van der Waals surface area contributed by atoms with E-state index in [-0.39, 0.29) is 11.3 Å². The molecular weight excluding hydrogens is 413 g/mol. The fraction of sp³-hybridized carbons (Fsp3) is 1.00. The average molecular weight is 457 g/mol. The normalized spacial score (nSPS) is 21.7. The van der Waals surface area contributed by atoms with Crippen molar-refractivity contribution in [3.63, 3.8) is 0 Å². The molecule has 3 atom stereocenters. The van der Waals surface area contributed by atoms with Crippen LogP contribution in [0.15, 0.2) is 0 Å². The molecule has 1 saturated carbocycles. The third kappa shape index (κ3) is 4.18. The van der Waals surface area contributed by atoms with E-state index in [0.717, 1.165) is 26.2 Å². The van der Waals surface area contributed by atoms with Gasteiger partial charge in [0, 0.05) is 5.41 Å². The Bertz CT molecular complexity index is 684. The Morgan fingerprint density at radius 2 is 1.37 bits per heavy atom. The van der Waals surface area contributed by atoms with Gasteiger partial charge in [0.25, 0.3) is 0 Å². The lowest BCUT2D eigenvalue weighted by molar-refractivity contribution is -0.180. The summed E-state index contributed by atoms with van der Waals surface area (Å²) < 4.78 is 79.5. The second-order valence-corrected chi connectivity index (χ2v) is 11.9. The molecule has 0 aliphatic heterocycles. The van der Waals surface area contributed by atoms with Crippen molar-refractivity contribution < 1.29 is 26.1 Å². The SMILES string of the molecule is CCC(C)(C)CC(CC)(C1CC1)C(CC)(CC)C(F)C(C)(CC)C(F)(F)S(=O)(=O)O. The van der Waals surface area contributed by atoms with Crippen molar-refractivity contribution in [3.05, 3.63) is 0 Å². The summed E-state index contributed by atoms with van der Waals surface area (Å²) in [6, 6.07) is 0. The van der Waals surface area contributed by atoms with Crippen LogP contribution in [0.4, 0.5) is 13.2 Å². The highest BCUT2D eigenvalue weighted by atomic mass is 32.2. The topological polar surface area (TPSA) is 54.4 Å². The first-order valence-electron chi connectivity index (χ1n) is 11.5. The first kappa shape index (κ1) is 27.7. The Kier molecular flexibility index (Phi) is 8.24. The maximum absolute atomic E-state index is 16.7. The third-order valence-electron chi connectivity index (χ3n) is 8.76. The van der Waals surface area contributed by atoms with E-state index in [1.807, 2.05) is 20.8 Å². The Labute approximate surface area is 182 Å². The fourth-order valence-corrected chi connectivity index (χ4v) is 6.95. The van der Waals surface area contributed by atoms with Crippen molar-refractivity contribution in [2.45, 2.75) is 118 Å². The molecule has 30 heavy (non-hydrogen) atoms. The van der Waals surface area contributed by atoms with Crippen LogP contribution in [-0.4, -0.2) is 24.4 Å². The highest BCUT2D eigenvalue weighted by Crippen LogP contribution is 2.69. The lowest BCUT2D eigenvalue weighted by Crippen LogP contribution is -2.61. The van der Waals surface area contributed by atoms with Gasteiger partial charge in [-0.1, -0.05) is 54.9 Å². The van der Waals surface area contributed by atoms with Gasteiger partial charge in [0.05, 0.1) is 5.41 Å². The van der Waals surface area contributed by atoms with Gasteiger partial charge in [-0.05, 0) is 68.6 Å². The van der Waals surface area contributed by atoms with Crippen LogP contribution >= 0.6 is 0 Å². The van der Waals surface area contributed by atoms with Gasteiger partial charge in [-0.15, -0.1) is 0 Å². The molecule has 0 saturated heterocycles. The maximum atomic E-state index is 16.7. The number of rotatable bonds is 13. The summed E-state index contributed by atoms with van der Waals surface area (Å²) in [6.07, 6.45) is 2.32. The number of alkyl halides is 3. The number of hydrogen-bond donors (Lipinski definition) is 1. The first-order chi connectivity index (χ1) is 13.5. The molecule has 3 unspecified atom stereocenters. The van der Waals surface area contributed by atoms with Crippen molar-refractivity contribution in [2.24, 2.45) is 27.6 Å². The largest absolute Gasteiger partial charge is 0.377 e. The van der Waals surface area contributed by atoms with Crippen molar-refractivity contribution in [3.8, 4) is 0 Å². The van der Waals surface area contributed by atoms with Crippen molar-refractivity contribution in [1.82, 2.24) is 0 Å². The molecule has 3 nitrogen and oxygen atoms in total. The van der Waals surface area contributed by atoms with Crippen LogP contribution in [-0.2, 0) is 10.1 Å². The second-order valence-electron chi connectivity index (χ2n) is 10.5.